The molecule has 3 aromatic carbocycles. The molecular formula is C29H21F2NO3. The van der Waals surface area contributed by atoms with Crippen molar-refractivity contribution in [3.8, 4) is 0 Å². The van der Waals surface area contributed by atoms with Gasteiger partial charge in [0.2, 0.25) is 0 Å². The van der Waals surface area contributed by atoms with Crippen molar-refractivity contribution in [1.29, 1.82) is 0 Å². The highest BCUT2D eigenvalue weighted by atomic mass is 19.1. The number of nitrogens with zero attached hydrogens (tertiary/aromatic N) is 1. The average Bonchev–Trinajstić information content (AvgIpc) is 2.87. The largest absolute Gasteiger partial charge is 0.454 e. The van der Waals surface area contributed by atoms with E-state index in [0.717, 1.165) is 35.2 Å². The van der Waals surface area contributed by atoms with E-state index < -0.39 is 24.2 Å². The molecule has 5 rings (SSSR count). The van der Waals surface area contributed by atoms with E-state index in [9.17, 15) is 18.4 Å². The molecule has 1 aliphatic rings. The molecule has 0 fully saturated rings. The Kier molecular flexibility index (Phi) is 6.19. The zero-order valence-corrected chi connectivity index (χ0v) is 18.8. The number of ketones is 1. The Bertz CT molecular complexity index is 1460. The van der Waals surface area contributed by atoms with Crippen LogP contribution in [0.1, 0.15) is 50.4 Å². The van der Waals surface area contributed by atoms with Crippen LogP contribution in [-0.2, 0) is 11.2 Å². The fraction of sp³-hybridized carbons (Fsp3) is 0.138. The number of halogens is 2. The molecule has 0 unspecified atom stereocenters. The molecule has 0 atom stereocenters. The molecule has 4 aromatic rings. The highest BCUT2D eigenvalue weighted by molar-refractivity contribution is 6.08. The Morgan fingerprint density at radius 1 is 0.886 bits per heavy atom. The minimum atomic E-state index is -0.599. The van der Waals surface area contributed by atoms with Gasteiger partial charge in [-0.2, -0.15) is 0 Å². The molecule has 0 amide bonds. The number of aromatic nitrogens is 1. The van der Waals surface area contributed by atoms with Crippen molar-refractivity contribution in [3.63, 3.8) is 0 Å². The summed E-state index contributed by atoms with van der Waals surface area (Å²) in [6.07, 6.45) is 4.19. The number of Topliss-reactive ketones (excluding diaryl/α,β-unsaturated/α-hetero) is 1. The number of allylic oxidation sites excluding steroid dienone is 1. The molecule has 0 saturated heterocycles. The SMILES string of the molecule is O=C(COC(=O)c1c2c(nc3ccccc13)C(=Cc1ccc(F)cc1)CCC2)c1ccc(F)cc1. The van der Waals surface area contributed by atoms with Crippen LogP contribution >= 0.6 is 0 Å². The summed E-state index contributed by atoms with van der Waals surface area (Å²) < 4.78 is 32.0. The molecule has 35 heavy (non-hydrogen) atoms. The van der Waals surface area contributed by atoms with Crippen LogP contribution in [0.2, 0.25) is 0 Å². The predicted octanol–water partition coefficient (Wildman–Crippen LogP) is 6.43. The highest BCUT2D eigenvalue weighted by Crippen LogP contribution is 2.36. The predicted molar refractivity (Wildman–Crippen MR) is 130 cm³/mol. The smallest absolute Gasteiger partial charge is 0.339 e. The minimum Gasteiger partial charge on any atom is -0.454 e. The van der Waals surface area contributed by atoms with Crippen molar-refractivity contribution in [3.05, 3.63) is 112 Å². The number of carbonyl (C=O) groups excluding carboxylic acids is 2. The Balaban J connectivity index is 1.51. The maximum atomic E-state index is 13.4. The molecule has 4 nitrogen and oxygen atoms in total. The van der Waals surface area contributed by atoms with Crippen molar-refractivity contribution in [2.75, 3.05) is 6.61 Å². The Labute approximate surface area is 200 Å². The molecule has 1 heterocycles. The normalized spacial score (nSPS) is 14.1. The van der Waals surface area contributed by atoms with Gasteiger partial charge in [-0.15, -0.1) is 0 Å². The number of para-hydroxylation sites is 1. The van der Waals surface area contributed by atoms with Crippen LogP contribution in [0.25, 0.3) is 22.6 Å². The second-order valence-electron chi connectivity index (χ2n) is 8.41. The molecule has 1 aromatic heterocycles. The first-order valence-electron chi connectivity index (χ1n) is 11.3. The quantitative estimate of drug-likeness (QED) is 0.250. The molecule has 0 aliphatic heterocycles. The third kappa shape index (κ3) is 4.73. The number of carbonyl (C=O) groups is 2. The molecule has 0 saturated carbocycles. The van der Waals surface area contributed by atoms with Gasteiger partial charge in [0.1, 0.15) is 11.6 Å². The van der Waals surface area contributed by atoms with E-state index in [4.69, 9.17) is 9.72 Å². The second-order valence-corrected chi connectivity index (χ2v) is 8.41. The van der Waals surface area contributed by atoms with E-state index >= 15 is 0 Å². The van der Waals surface area contributed by atoms with Crippen LogP contribution in [-0.4, -0.2) is 23.3 Å². The number of ether oxygens (including phenoxy) is 1. The molecule has 174 valence electrons. The molecule has 0 radical (unpaired) electrons. The number of pyridine rings is 1. The van der Waals surface area contributed by atoms with Crippen LogP contribution in [0.3, 0.4) is 0 Å². The zero-order chi connectivity index (χ0) is 24.4. The van der Waals surface area contributed by atoms with E-state index in [2.05, 4.69) is 0 Å². The van der Waals surface area contributed by atoms with Gasteiger partial charge in [-0.3, -0.25) is 4.79 Å². The minimum absolute atomic E-state index is 0.269. The molecular weight excluding hydrogens is 448 g/mol. The van der Waals surface area contributed by atoms with Gasteiger partial charge in [-0.05, 0) is 84.5 Å². The number of hydrogen-bond acceptors (Lipinski definition) is 4. The van der Waals surface area contributed by atoms with Gasteiger partial charge in [0, 0.05) is 10.9 Å². The van der Waals surface area contributed by atoms with Crippen molar-refractivity contribution in [2.45, 2.75) is 19.3 Å². The van der Waals surface area contributed by atoms with E-state index in [1.165, 1.54) is 36.4 Å². The van der Waals surface area contributed by atoms with Gasteiger partial charge in [-0.1, -0.05) is 30.3 Å². The van der Waals surface area contributed by atoms with Crippen LogP contribution in [0.4, 0.5) is 8.78 Å². The Morgan fingerprint density at radius 3 is 2.31 bits per heavy atom. The first-order valence-corrected chi connectivity index (χ1v) is 11.3. The summed E-state index contributed by atoms with van der Waals surface area (Å²) in [4.78, 5) is 30.6. The maximum Gasteiger partial charge on any atom is 0.339 e. The number of rotatable bonds is 5. The first kappa shape index (κ1) is 22.6. The first-order chi connectivity index (χ1) is 17.0. The lowest BCUT2D eigenvalue weighted by Gasteiger charge is -2.22. The van der Waals surface area contributed by atoms with Gasteiger partial charge in [0.05, 0.1) is 16.8 Å². The zero-order valence-electron chi connectivity index (χ0n) is 18.8. The lowest BCUT2D eigenvalue weighted by molar-refractivity contribution is 0.0475. The molecule has 0 bridgehead atoms. The highest BCUT2D eigenvalue weighted by Gasteiger charge is 2.26. The number of hydrogen-bond donors (Lipinski definition) is 0. The van der Waals surface area contributed by atoms with Crippen LogP contribution in [0, 0.1) is 11.6 Å². The Morgan fingerprint density at radius 2 is 1.57 bits per heavy atom. The van der Waals surface area contributed by atoms with Gasteiger partial charge < -0.3 is 4.74 Å². The van der Waals surface area contributed by atoms with Crippen molar-refractivity contribution >= 4 is 34.3 Å². The summed E-state index contributed by atoms with van der Waals surface area (Å²) in [5.74, 6) is -1.76. The fourth-order valence-electron chi connectivity index (χ4n) is 4.39. The van der Waals surface area contributed by atoms with Gasteiger partial charge in [0.15, 0.2) is 12.4 Å². The standard InChI is InChI=1S/C29H21F2NO3/c30-21-12-8-18(9-13-21)16-20-4-3-6-24-27(23-5-1-2-7-25(23)32-28(20)24)29(34)35-17-26(33)19-10-14-22(31)15-11-19/h1-2,5,7-16H,3-4,6,17H2. The van der Waals surface area contributed by atoms with Crippen molar-refractivity contribution in [1.82, 2.24) is 4.98 Å². The number of fused-ring (bicyclic) bond motifs is 2. The summed E-state index contributed by atoms with van der Waals surface area (Å²) >= 11 is 0. The summed E-state index contributed by atoms with van der Waals surface area (Å²) in [7, 11) is 0. The number of benzene rings is 3. The van der Waals surface area contributed by atoms with Gasteiger partial charge in [0.25, 0.3) is 0 Å². The third-order valence-electron chi connectivity index (χ3n) is 6.09. The summed E-state index contributed by atoms with van der Waals surface area (Å²) in [6.45, 7) is -0.450. The monoisotopic (exact) mass is 469 g/mol. The van der Waals surface area contributed by atoms with E-state index in [1.54, 1.807) is 12.1 Å². The van der Waals surface area contributed by atoms with Crippen LogP contribution < -0.4 is 0 Å². The van der Waals surface area contributed by atoms with Crippen molar-refractivity contribution < 1.29 is 23.1 Å². The van der Waals surface area contributed by atoms with E-state index in [-0.39, 0.29) is 11.4 Å². The summed E-state index contributed by atoms with van der Waals surface area (Å²) in [5.41, 5.74) is 4.62. The molecule has 6 heteroatoms. The third-order valence-corrected chi connectivity index (χ3v) is 6.09. The molecule has 0 N–H and O–H groups in total. The van der Waals surface area contributed by atoms with Crippen LogP contribution in [0.15, 0.2) is 72.8 Å². The Hall–Kier alpha value is -4.19. The lowest BCUT2D eigenvalue weighted by atomic mass is 9.86. The average molecular weight is 469 g/mol. The van der Waals surface area contributed by atoms with Gasteiger partial charge >= 0.3 is 5.97 Å². The lowest BCUT2D eigenvalue weighted by Crippen LogP contribution is -2.18. The topological polar surface area (TPSA) is 56.3 Å². The maximum absolute atomic E-state index is 13.4. The van der Waals surface area contributed by atoms with Crippen molar-refractivity contribution in [2.24, 2.45) is 0 Å². The molecule has 1 aliphatic carbocycles. The summed E-state index contributed by atoms with van der Waals surface area (Å²) in [6, 6.07) is 18.7. The second kappa shape index (κ2) is 9.58. The van der Waals surface area contributed by atoms with E-state index in [0.29, 0.717) is 22.9 Å². The van der Waals surface area contributed by atoms with Crippen LogP contribution in [0.5, 0.6) is 0 Å². The fourth-order valence-corrected chi connectivity index (χ4v) is 4.39. The van der Waals surface area contributed by atoms with Gasteiger partial charge in [-0.25, -0.2) is 18.6 Å². The molecule has 0 spiro atoms. The van der Waals surface area contributed by atoms with E-state index in [1.807, 2.05) is 30.3 Å². The summed E-state index contributed by atoms with van der Waals surface area (Å²) in [5, 5.41) is 0.661. The number of esters is 1.